The number of aryl methyl sites for hydroxylation is 1. The highest BCUT2D eigenvalue weighted by Gasteiger charge is 2.43. The summed E-state index contributed by atoms with van der Waals surface area (Å²) in [5.74, 6) is 1.16. The molecule has 0 radical (unpaired) electrons. The van der Waals surface area contributed by atoms with Crippen molar-refractivity contribution in [1.82, 2.24) is 14.7 Å². The van der Waals surface area contributed by atoms with Gasteiger partial charge in [-0.1, -0.05) is 0 Å². The third kappa shape index (κ3) is 3.83. The minimum Gasteiger partial charge on any atom is -0.484 e. The number of rotatable bonds is 4. The number of amides is 1. The lowest BCUT2D eigenvalue weighted by atomic mass is 9.77. The summed E-state index contributed by atoms with van der Waals surface area (Å²) in [5, 5.41) is 15.6. The maximum Gasteiger partial charge on any atom is 0.336 e. The number of carbonyl (C=O) groups excluding carboxylic acids is 1. The van der Waals surface area contributed by atoms with Crippen molar-refractivity contribution in [3.63, 3.8) is 0 Å². The maximum atomic E-state index is 12.8. The molecule has 1 aliphatic heterocycles. The Balaban J connectivity index is 1.22. The van der Waals surface area contributed by atoms with Crippen molar-refractivity contribution in [1.29, 1.82) is 0 Å². The van der Waals surface area contributed by atoms with E-state index in [0.29, 0.717) is 42.7 Å². The van der Waals surface area contributed by atoms with E-state index >= 15 is 0 Å². The van der Waals surface area contributed by atoms with Crippen LogP contribution < -0.4 is 10.4 Å². The van der Waals surface area contributed by atoms with Gasteiger partial charge in [0.15, 0.2) is 6.61 Å². The normalized spacial score (nSPS) is 25.5. The average Bonchev–Trinajstić information content (AvgIpc) is 3.41. The van der Waals surface area contributed by atoms with Gasteiger partial charge in [0.05, 0.1) is 12.1 Å². The second kappa shape index (κ2) is 7.85. The molecule has 1 aliphatic carbocycles. The quantitative estimate of drug-likeness (QED) is 0.646. The zero-order valence-electron chi connectivity index (χ0n) is 17.3. The molecular formula is C23H25N3O5. The van der Waals surface area contributed by atoms with Gasteiger partial charge in [0.2, 0.25) is 0 Å². The number of nitrogens with zero attached hydrogens (tertiary/aromatic N) is 3. The largest absolute Gasteiger partial charge is 0.484 e. The second-order valence-electron chi connectivity index (χ2n) is 8.61. The van der Waals surface area contributed by atoms with Crippen molar-refractivity contribution in [3.8, 4) is 5.75 Å². The van der Waals surface area contributed by atoms with Gasteiger partial charge >= 0.3 is 5.63 Å². The SMILES string of the molecule is Cc1cc(=O)oc2ccc(OCC(=O)N3C[C@H]4C[C@@H](n5cccn5)[C@H](O)C[C@H]4C3)cc12. The van der Waals surface area contributed by atoms with Gasteiger partial charge < -0.3 is 19.2 Å². The molecule has 0 bridgehead atoms. The molecular weight excluding hydrogens is 398 g/mol. The van der Waals surface area contributed by atoms with E-state index in [1.165, 1.54) is 6.07 Å². The fraction of sp³-hybridized carbons (Fsp3) is 0.435. The van der Waals surface area contributed by atoms with Gasteiger partial charge in [0.1, 0.15) is 11.3 Å². The number of benzene rings is 1. The number of hydrogen-bond donors (Lipinski definition) is 1. The lowest BCUT2D eigenvalue weighted by Gasteiger charge is -2.35. The summed E-state index contributed by atoms with van der Waals surface area (Å²) in [6.45, 7) is 3.12. The van der Waals surface area contributed by atoms with Gasteiger partial charge in [-0.3, -0.25) is 9.48 Å². The Morgan fingerprint density at radius 2 is 2.06 bits per heavy atom. The Labute approximate surface area is 179 Å². The Morgan fingerprint density at radius 1 is 1.26 bits per heavy atom. The summed E-state index contributed by atoms with van der Waals surface area (Å²) in [6.07, 6.45) is 4.65. The van der Waals surface area contributed by atoms with Gasteiger partial charge in [0, 0.05) is 36.9 Å². The first kappa shape index (κ1) is 19.8. The van der Waals surface area contributed by atoms with Crippen LogP contribution in [0.4, 0.5) is 0 Å². The van der Waals surface area contributed by atoms with Crippen molar-refractivity contribution >= 4 is 16.9 Å². The molecule has 2 fully saturated rings. The topological polar surface area (TPSA) is 97.8 Å². The number of ether oxygens (including phenoxy) is 1. The second-order valence-corrected chi connectivity index (χ2v) is 8.61. The molecule has 2 aromatic heterocycles. The zero-order valence-corrected chi connectivity index (χ0v) is 17.3. The Hall–Kier alpha value is -3.13. The monoisotopic (exact) mass is 423 g/mol. The first-order chi connectivity index (χ1) is 15.0. The van der Waals surface area contributed by atoms with Gasteiger partial charge in [-0.2, -0.15) is 5.10 Å². The first-order valence-corrected chi connectivity index (χ1v) is 10.6. The molecule has 162 valence electrons. The van der Waals surface area contributed by atoms with E-state index in [9.17, 15) is 14.7 Å². The summed E-state index contributed by atoms with van der Waals surface area (Å²) in [6, 6.07) is 8.44. The van der Waals surface area contributed by atoms with Gasteiger partial charge in [0.25, 0.3) is 5.91 Å². The summed E-state index contributed by atoms with van der Waals surface area (Å²) < 4.78 is 12.8. The first-order valence-electron chi connectivity index (χ1n) is 10.6. The fourth-order valence-electron chi connectivity index (χ4n) is 5.00. The minimum atomic E-state index is -0.451. The zero-order chi connectivity index (χ0) is 21.5. The van der Waals surface area contributed by atoms with Gasteiger partial charge in [-0.15, -0.1) is 0 Å². The molecule has 0 unspecified atom stereocenters. The van der Waals surface area contributed by atoms with Crippen LogP contribution in [0, 0.1) is 18.8 Å². The maximum absolute atomic E-state index is 12.8. The third-order valence-electron chi connectivity index (χ3n) is 6.61. The van der Waals surface area contributed by atoms with Crippen molar-refractivity contribution in [3.05, 3.63) is 58.7 Å². The Kier molecular flexibility index (Phi) is 5.02. The molecule has 1 aromatic carbocycles. The van der Waals surface area contributed by atoms with E-state index in [1.807, 2.05) is 28.8 Å². The predicted molar refractivity (Wildman–Crippen MR) is 113 cm³/mol. The lowest BCUT2D eigenvalue weighted by molar-refractivity contribution is -0.132. The van der Waals surface area contributed by atoms with Crippen LogP contribution in [0.3, 0.4) is 0 Å². The molecule has 4 atom stereocenters. The summed E-state index contributed by atoms with van der Waals surface area (Å²) in [4.78, 5) is 26.1. The molecule has 1 N–H and O–H groups in total. The van der Waals surface area contributed by atoms with Crippen LogP contribution in [0.25, 0.3) is 11.0 Å². The van der Waals surface area contributed by atoms with Gasteiger partial charge in [-0.25, -0.2) is 4.79 Å². The van der Waals surface area contributed by atoms with Crippen LogP contribution in [0.2, 0.25) is 0 Å². The molecule has 8 heteroatoms. The molecule has 1 saturated carbocycles. The standard InChI is InChI=1S/C23H25N3O5/c1-14-7-23(29)31-21-4-3-17(10-18(14)21)30-13-22(28)25-11-15-8-19(26-6-2-5-24-26)20(27)9-16(15)12-25/h2-7,10,15-16,19-20,27H,8-9,11-13H2,1H3/t15-,16+,19-,20-/m1/s1. The minimum absolute atomic E-state index is 0.0385. The van der Waals surface area contributed by atoms with E-state index in [1.54, 1.807) is 24.4 Å². The molecule has 31 heavy (non-hydrogen) atoms. The number of hydrogen-bond acceptors (Lipinski definition) is 6. The molecule has 2 aliphatic rings. The molecule has 1 saturated heterocycles. The van der Waals surface area contributed by atoms with Crippen molar-refractivity contribution < 1.29 is 19.1 Å². The summed E-state index contributed by atoms with van der Waals surface area (Å²) in [7, 11) is 0. The van der Waals surface area contributed by atoms with E-state index < -0.39 is 6.10 Å². The van der Waals surface area contributed by atoms with Crippen molar-refractivity contribution in [2.45, 2.75) is 31.9 Å². The Bertz CT molecular complexity index is 1160. The molecule has 1 amide bonds. The average molecular weight is 423 g/mol. The number of fused-ring (bicyclic) bond motifs is 2. The third-order valence-corrected chi connectivity index (χ3v) is 6.61. The van der Waals surface area contributed by atoms with E-state index in [-0.39, 0.29) is 24.2 Å². The highest BCUT2D eigenvalue weighted by Crippen LogP contribution is 2.41. The highest BCUT2D eigenvalue weighted by molar-refractivity contribution is 5.82. The van der Waals surface area contributed by atoms with Crippen LogP contribution in [-0.2, 0) is 4.79 Å². The van der Waals surface area contributed by atoms with Crippen LogP contribution in [-0.4, -0.2) is 51.5 Å². The van der Waals surface area contributed by atoms with Gasteiger partial charge in [-0.05, 0) is 61.4 Å². The summed E-state index contributed by atoms with van der Waals surface area (Å²) >= 11 is 0. The van der Waals surface area contributed by atoms with Crippen LogP contribution >= 0.6 is 0 Å². The van der Waals surface area contributed by atoms with Crippen LogP contribution in [0.5, 0.6) is 5.75 Å². The smallest absolute Gasteiger partial charge is 0.336 e. The van der Waals surface area contributed by atoms with Crippen LogP contribution in [0.1, 0.15) is 24.4 Å². The Morgan fingerprint density at radius 3 is 2.84 bits per heavy atom. The van der Waals surface area contributed by atoms with Crippen molar-refractivity contribution in [2.75, 3.05) is 19.7 Å². The molecule has 5 rings (SSSR count). The highest BCUT2D eigenvalue weighted by atomic mass is 16.5. The lowest BCUT2D eigenvalue weighted by Crippen LogP contribution is -2.36. The molecule has 3 aromatic rings. The van der Waals surface area contributed by atoms with E-state index in [0.717, 1.165) is 17.4 Å². The fourth-order valence-corrected chi connectivity index (χ4v) is 5.00. The summed E-state index contributed by atoms with van der Waals surface area (Å²) in [5.41, 5.74) is 0.916. The molecule has 0 spiro atoms. The van der Waals surface area contributed by atoms with E-state index in [2.05, 4.69) is 5.10 Å². The number of aliphatic hydroxyl groups is 1. The molecule has 8 nitrogen and oxygen atoms in total. The van der Waals surface area contributed by atoms with Crippen molar-refractivity contribution in [2.24, 2.45) is 11.8 Å². The van der Waals surface area contributed by atoms with E-state index in [4.69, 9.17) is 9.15 Å². The number of likely N-dealkylation sites (tertiary alicyclic amines) is 1. The predicted octanol–water partition coefficient (Wildman–Crippen LogP) is 2.15. The number of aliphatic hydroxyl groups excluding tert-OH is 1. The van der Waals surface area contributed by atoms with Crippen LogP contribution in [0.15, 0.2) is 51.9 Å². The number of carbonyl (C=O) groups is 1. The molecule has 3 heterocycles. The number of aromatic nitrogens is 2.